The first-order valence-corrected chi connectivity index (χ1v) is 26.1. The second kappa shape index (κ2) is 39.2. The van der Waals surface area contributed by atoms with Gasteiger partial charge in [0.05, 0.1) is 32.0 Å². The van der Waals surface area contributed by atoms with Crippen molar-refractivity contribution in [2.45, 2.75) is 167 Å². The monoisotopic (exact) mass is 940 g/mol. The highest BCUT2D eigenvalue weighted by Gasteiger charge is 2.36. The van der Waals surface area contributed by atoms with Gasteiger partial charge in [0.25, 0.3) is 0 Å². The summed E-state index contributed by atoms with van der Waals surface area (Å²) in [5.41, 5.74) is 0. The molecule has 1 rings (SSSR count). The molecule has 1 heterocycles. The second-order valence-electron chi connectivity index (χ2n) is 15.3. The number of allylic oxidation sites excluding steroid dienone is 14. The van der Waals surface area contributed by atoms with Crippen LogP contribution in [0.5, 0.6) is 0 Å². The van der Waals surface area contributed by atoms with Gasteiger partial charge < -0.3 is 34.0 Å². The van der Waals surface area contributed by atoms with Crippen LogP contribution in [-0.4, -0.2) is 82.6 Å². The Morgan fingerprint density at radius 2 is 1.03 bits per heavy atom. The largest absolute Gasteiger partial charge is 0.472 e. The molecule has 0 aromatic heterocycles. The number of ether oxygens (including phenoxy) is 3. The first-order valence-electron chi connectivity index (χ1n) is 23.1. The Kier molecular flexibility index (Phi) is 36.1. The van der Waals surface area contributed by atoms with Crippen LogP contribution < -0.4 is 0 Å². The molecule has 0 aromatic rings. The third-order valence-electron chi connectivity index (χ3n) is 9.36. The van der Waals surface area contributed by atoms with Crippen molar-refractivity contribution < 1.29 is 66.3 Å². The van der Waals surface area contributed by atoms with Gasteiger partial charge in [0.2, 0.25) is 0 Å². The molecule has 1 aliphatic heterocycles. The molecule has 1 fully saturated rings. The van der Waals surface area contributed by atoms with Crippen LogP contribution in [0.15, 0.2) is 97.2 Å². The van der Waals surface area contributed by atoms with Gasteiger partial charge in [-0.25, -0.2) is 9.13 Å². The molecule has 14 nitrogen and oxygen atoms in total. The molecule has 0 amide bonds. The van der Waals surface area contributed by atoms with E-state index in [9.17, 15) is 28.7 Å². The van der Waals surface area contributed by atoms with Crippen molar-refractivity contribution in [3.8, 4) is 0 Å². The number of phosphoric ester groups is 2. The number of phosphoric acid groups is 2. The van der Waals surface area contributed by atoms with Crippen LogP contribution in [0.2, 0.25) is 0 Å². The van der Waals surface area contributed by atoms with E-state index >= 15 is 0 Å². The van der Waals surface area contributed by atoms with Crippen molar-refractivity contribution in [2.24, 2.45) is 0 Å². The zero-order chi connectivity index (χ0) is 47.0. The summed E-state index contributed by atoms with van der Waals surface area (Å²) < 4.78 is 53.4. The van der Waals surface area contributed by atoms with Gasteiger partial charge in [-0.1, -0.05) is 137 Å². The number of epoxide rings is 1. The molecule has 0 aliphatic carbocycles. The predicted octanol–water partition coefficient (Wildman–Crippen LogP) is 11.1. The van der Waals surface area contributed by atoms with Crippen LogP contribution in [0.4, 0.5) is 0 Å². The molecule has 4 N–H and O–H groups in total. The molecule has 5 atom stereocenters. The molecule has 0 radical (unpaired) electrons. The van der Waals surface area contributed by atoms with Gasteiger partial charge in [-0.3, -0.25) is 23.2 Å². The highest BCUT2D eigenvalue weighted by atomic mass is 31.2. The smallest absolute Gasteiger partial charge is 0.462 e. The van der Waals surface area contributed by atoms with Crippen LogP contribution >= 0.6 is 15.6 Å². The molecule has 364 valence electrons. The SMILES string of the molecule is CC/C=C\CC1OC1C/C=C\C/C=C\C/C=C\C/C=C\CCC(=O)OC[C@H](COP(=O)(O)OC[C@@H](O)COP(=O)(O)O)OC(=O)CCCCCC/C=C\C/C=C\C/C=C\CCCCC. The van der Waals surface area contributed by atoms with Crippen molar-refractivity contribution in [1.82, 2.24) is 0 Å². The van der Waals surface area contributed by atoms with E-state index in [-0.39, 0.29) is 12.8 Å². The highest BCUT2D eigenvalue weighted by Crippen LogP contribution is 2.44. The summed E-state index contributed by atoms with van der Waals surface area (Å²) in [6.45, 7) is 1.49. The summed E-state index contributed by atoms with van der Waals surface area (Å²) in [5, 5.41) is 9.76. The summed E-state index contributed by atoms with van der Waals surface area (Å²) in [4.78, 5) is 52.8. The van der Waals surface area contributed by atoms with E-state index in [1.165, 1.54) is 19.3 Å². The number of rotatable bonds is 41. The van der Waals surface area contributed by atoms with E-state index in [2.05, 4.69) is 102 Å². The zero-order valence-corrected chi connectivity index (χ0v) is 40.1. The van der Waals surface area contributed by atoms with E-state index in [0.29, 0.717) is 31.5 Å². The molecule has 1 aliphatic rings. The fraction of sp³-hybridized carbons (Fsp3) is 0.625. The lowest BCUT2D eigenvalue weighted by Gasteiger charge is -2.20. The second-order valence-corrected chi connectivity index (χ2v) is 18.0. The van der Waals surface area contributed by atoms with E-state index in [1.54, 1.807) is 0 Å². The first-order chi connectivity index (χ1) is 30.8. The van der Waals surface area contributed by atoms with Gasteiger partial charge in [0, 0.05) is 12.8 Å². The van der Waals surface area contributed by atoms with E-state index in [4.69, 9.17) is 28.5 Å². The van der Waals surface area contributed by atoms with Crippen LogP contribution in [0, 0.1) is 0 Å². The maximum absolute atomic E-state index is 12.7. The summed E-state index contributed by atoms with van der Waals surface area (Å²) >= 11 is 0. The van der Waals surface area contributed by atoms with Gasteiger partial charge in [-0.15, -0.1) is 0 Å². The molecule has 16 heteroatoms. The van der Waals surface area contributed by atoms with Gasteiger partial charge in [-0.2, -0.15) is 0 Å². The standard InChI is InChI=1S/C48H78O14P2/c1-3-5-7-8-9-10-11-12-13-14-15-16-21-24-27-30-34-38-48(51)61-44(42-60-64(55,56)59-40-43(49)39-58-63(52,53)54)41-57-47(50)37-33-29-26-23-20-18-17-19-22-25-28-32-36-46-45(62-46)35-31-6-4-2/h6,9-10,12-13,15-16,18-20,22,26,28-29,31-32,43-46,49H,3-5,7-8,11,14,17,21,23-25,27,30,33-42H2,1-2H3,(H,55,56)(H2,52,53,54)/b10-9-,13-12-,16-15-,20-18-,22-19-,29-26-,31-6-,32-28-/t43-,44+,45?,46?/m0/s1. The Labute approximate surface area is 383 Å². The number of carbonyl (C=O) groups is 2. The minimum absolute atomic E-state index is 0.0559. The Morgan fingerprint density at radius 3 is 1.59 bits per heavy atom. The first kappa shape index (κ1) is 59.0. The number of aliphatic hydroxyl groups excluding tert-OH is 1. The number of hydrogen-bond acceptors (Lipinski definition) is 11. The molecule has 0 aromatic carbocycles. The summed E-state index contributed by atoms with van der Waals surface area (Å²) in [7, 11) is -9.72. The normalized spacial score (nSPS) is 18.0. The Hall–Kier alpha value is -3.00. The minimum atomic E-state index is -4.88. The lowest BCUT2D eigenvalue weighted by Crippen LogP contribution is -2.29. The average molecular weight is 941 g/mol. The fourth-order valence-electron chi connectivity index (χ4n) is 5.77. The number of aliphatic hydroxyl groups is 1. The minimum Gasteiger partial charge on any atom is -0.462 e. The van der Waals surface area contributed by atoms with E-state index in [0.717, 1.165) is 77.0 Å². The van der Waals surface area contributed by atoms with Gasteiger partial charge in [-0.05, 0) is 89.9 Å². The third kappa shape index (κ3) is 39.4. The van der Waals surface area contributed by atoms with Crippen LogP contribution in [0.3, 0.4) is 0 Å². The quantitative estimate of drug-likeness (QED) is 0.0148. The molecule has 1 saturated heterocycles. The molecular formula is C48H78O14P2. The van der Waals surface area contributed by atoms with Crippen LogP contribution in [0.1, 0.15) is 142 Å². The Balaban J connectivity index is 2.41. The van der Waals surface area contributed by atoms with Crippen molar-refractivity contribution in [3.05, 3.63) is 97.2 Å². The lowest BCUT2D eigenvalue weighted by atomic mass is 10.1. The van der Waals surface area contributed by atoms with E-state index in [1.807, 2.05) is 18.2 Å². The van der Waals surface area contributed by atoms with Crippen molar-refractivity contribution >= 4 is 27.6 Å². The van der Waals surface area contributed by atoms with Crippen LogP contribution in [0.25, 0.3) is 0 Å². The maximum Gasteiger partial charge on any atom is 0.472 e. The van der Waals surface area contributed by atoms with Crippen LogP contribution in [-0.2, 0) is 46.5 Å². The molecular weight excluding hydrogens is 862 g/mol. The molecule has 64 heavy (non-hydrogen) atoms. The number of esters is 2. The third-order valence-corrected chi connectivity index (χ3v) is 10.8. The predicted molar refractivity (Wildman–Crippen MR) is 252 cm³/mol. The zero-order valence-electron chi connectivity index (χ0n) is 38.3. The average Bonchev–Trinajstić information content (AvgIpc) is 4.01. The van der Waals surface area contributed by atoms with Crippen molar-refractivity contribution in [1.29, 1.82) is 0 Å². The molecule has 0 saturated carbocycles. The number of hydrogen-bond donors (Lipinski definition) is 4. The Morgan fingerprint density at radius 1 is 0.547 bits per heavy atom. The highest BCUT2D eigenvalue weighted by molar-refractivity contribution is 7.47. The van der Waals surface area contributed by atoms with E-state index < -0.39 is 66.2 Å². The van der Waals surface area contributed by atoms with Crippen molar-refractivity contribution in [3.63, 3.8) is 0 Å². The number of carbonyl (C=O) groups excluding carboxylic acids is 2. The summed E-state index contributed by atoms with van der Waals surface area (Å²) in [6, 6.07) is 0. The molecule has 0 spiro atoms. The van der Waals surface area contributed by atoms with Gasteiger partial charge in [0.15, 0.2) is 6.10 Å². The molecule has 3 unspecified atom stereocenters. The van der Waals surface area contributed by atoms with Gasteiger partial charge >= 0.3 is 27.6 Å². The summed E-state index contributed by atoms with van der Waals surface area (Å²) in [6.07, 6.45) is 48.7. The summed E-state index contributed by atoms with van der Waals surface area (Å²) in [5.74, 6) is -1.17. The lowest BCUT2D eigenvalue weighted by molar-refractivity contribution is -0.161. The Bertz CT molecular complexity index is 1560. The fourth-order valence-corrected chi connectivity index (χ4v) is 6.93. The maximum atomic E-state index is 12.7. The van der Waals surface area contributed by atoms with Gasteiger partial charge in [0.1, 0.15) is 12.7 Å². The van der Waals surface area contributed by atoms with Crippen molar-refractivity contribution in [2.75, 3.05) is 26.4 Å². The topological polar surface area (TPSA) is 208 Å². The molecule has 0 bridgehead atoms. The number of unbranched alkanes of at least 4 members (excludes halogenated alkanes) is 7.